The zero-order chi connectivity index (χ0) is 16.0. The van der Waals surface area contributed by atoms with Gasteiger partial charge in [-0.05, 0) is 52.6 Å². The summed E-state index contributed by atoms with van der Waals surface area (Å²) < 4.78 is 1.09. The van der Waals surface area contributed by atoms with Gasteiger partial charge in [-0.2, -0.15) is 0 Å². The van der Waals surface area contributed by atoms with Crippen LogP contribution in [-0.2, 0) is 4.79 Å². The summed E-state index contributed by atoms with van der Waals surface area (Å²) in [6.07, 6.45) is -0.190. The normalized spacial score (nSPS) is 15.6. The zero-order valence-corrected chi connectivity index (χ0v) is 14.6. The van der Waals surface area contributed by atoms with Crippen molar-refractivity contribution in [3.8, 4) is 0 Å². The van der Waals surface area contributed by atoms with Crippen molar-refractivity contribution in [2.75, 3.05) is 6.54 Å². The summed E-state index contributed by atoms with van der Waals surface area (Å²) in [5.74, 6) is 0.130. The van der Waals surface area contributed by atoms with Crippen LogP contribution in [0.4, 0.5) is 0 Å². The minimum Gasteiger partial charge on any atom is -0.387 e. The Morgan fingerprint density at radius 3 is 2.38 bits per heavy atom. The molecule has 0 unspecified atom stereocenters. The van der Waals surface area contributed by atoms with Gasteiger partial charge in [0.2, 0.25) is 5.91 Å². The van der Waals surface area contributed by atoms with Gasteiger partial charge in [0, 0.05) is 10.1 Å². The fraction of sp³-hybridized carbons (Fsp3) is 0.533. The highest BCUT2D eigenvalue weighted by Gasteiger charge is 2.20. The molecule has 1 rings (SSSR count). The molecule has 5 nitrogen and oxygen atoms in total. The molecule has 0 fully saturated rings. The van der Waals surface area contributed by atoms with E-state index in [4.69, 9.17) is 11.5 Å². The van der Waals surface area contributed by atoms with Crippen molar-refractivity contribution >= 4 is 28.5 Å². The van der Waals surface area contributed by atoms with E-state index in [2.05, 4.69) is 27.9 Å². The molecular formula is C15H24IN3O2. The molecule has 0 saturated carbocycles. The van der Waals surface area contributed by atoms with Gasteiger partial charge in [0.25, 0.3) is 0 Å². The molecule has 0 aromatic heterocycles. The van der Waals surface area contributed by atoms with Crippen LogP contribution in [-0.4, -0.2) is 29.6 Å². The molecule has 0 radical (unpaired) electrons. The average molecular weight is 405 g/mol. The molecule has 1 amide bonds. The standard InChI is InChI=1S/C15H24IN3O2/c1-9(2)7-12(17)15(21)19-8-13(18)14(20)10-3-5-11(16)6-4-10/h3-6,9,12-14,20H,7-8,17-18H2,1-2H3,(H,19,21)/t12-,13-,14-/m0/s1. The van der Waals surface area contributed by atoms with Crippen molar-refractivity contribution in [1.82, 2.24) is 5.32 Å². The number of amides is 1. The minimum absolute atomic E-state index is 0.192. The van der Waals surface area contributed by atoms with Crippen molar-refractivity contribution in [1.29, 1.82) is 0 Å². The fourth-order valence-electron chi connectivity index (χ4n) is 1.98. The van der Waals surface area contributed by atoms with Gasteiger partial charge in [0.15, 0.2) is 0 Å². The zero-order valence-electron chi connectivity index (χ0n) is 12.4. The number of hydrogen-bond acceptors (Lipinski definition) is 4. The topological polar surface area (TPSA) is 101 Å². The lowest BCUT2D eigenvalue weighted by molar-refractivity contribution is -0.122. The highest BCUT2D eigenvalue weighted by atomic mass is 127. The quantitative estimate of drug-likeness (QED) is 0.511. The molecule has 0 aliphatic heterocycles. The molecule has 6 heteroatoms. The Balaban J connectivity index is 2.47. The molecule has 0 saturated heterocycles. The van der Waals surface area contributed by atoms with Crippen LogP contribution < -0.4 is 16.8 Å². The number of nitrogens with two attached hydrogens (primary N) is 2. The minimum atomic E-state index is -0.816. The molecule has 118 valence electrons. The van der Waals surface area contributed by atoms with Crippen LogP contribution in [0.5, 0.6) is 0 Å². The van der Waals surface area contributed by atoms with E-state index in [1.54, 1.807) is 0 Å². The van der Waals surface area contributed by atoms with Crippen molar-refractivity contribution in [2.24, 2.45) is 17.4 Å². The predicted octanol–water partition coefficient (Wildman–Crippen LogP) is 1.14. The summed E-state index contributed by atoms with van der Waals surface area (Å²) in [5, 5.41) is 12.9. The van der Waals surface area contributed by atoms with Crippen molar-refractivity contribution in [3.05, 3.63) is 33.4 Å². The van der Waals surface area contributed by atoms with E-state index in [1.165, 1.54) is 0 Å². The number of carbonyl (C=O) groups is 1. The summed E-state index contributed by atoms with van der Waals surface area (Å²) in [4.78, 5) is 11.8. The molecule has 21 heavy (non-hydrogen) atoms. The monoisotopic (exact) mass is 405 g/mol. The molecule has 0 spiro atoms. The Hall–Kier alpha value is -0.700. The number of aliphatic hydroxyl groups is 1. The van der Waals surface area contributed by atoms with E-state index in [-0.39, 0.29) is 12.5 Å². The Kier molecular flexibility index (Phi) is 7.58. The molecular weight excluding hydrogens is 381 g/mol. The maximum absolute atomic E-state index is 11.8. The second-order valence-electron chi connectivity index (χ2n) is 5.64. The lowest BCUT2D eigenvalue weighted by atomic mass is 10.0. The fourth-order valence-corrected chi connectivity index (χ4v) is 2.34. The van der Waals surface area contributed by atoms with Crippen LogP contribution in [0.15, 0.2) is 24.3 Å². The first-order valence-corrected chi connectivity index (χ1v) is 8.11. The summed E-state index contributed by atoms with van der Waals surface area (Å²) in [7, 11) is 0. The van der Waals surface area contributed by atoms with E-state index in [0.717, 1.165) is 9.13 Å². The highest BCUT2D eigenvalue weighted by molar-refractivity contribution is 14.1. The molecule has 0 bridgehead atoms. The van der Waals surface area contributed by atoms with Crippen molar-refractivity contribution in [3.63, 3.8) is 0 Å². The Morgan fingerprint density at radius 1 is 1.29 bits per heavy atom. The third kappa shape index (κ3) is 6.29. The van der Waals surface area contributed by atoms with Gasteiger partial charge in [-0.1, -0.05) is 26.0 Å². The van der Waals surface area contributed by atoms with Gasteiger partial charge in [-0.25, -0.2) is 0 Å². The first-order valence-electron chi connectivity index (χ1n) is 7.03. The Morgan fingerprint density at radius 2 is 1.86 bits per heavy atom. The molecule has 0 heterocycles. The van der Waals surface area contributed by atoms with Crippen molar-refractivity contribution < 1.29 is 9.90 Å². The molecule has 3 atom stereocenters. The Bertz CT molecular complexity index is 451. The molecule has 6 N–H and O–H groups in total. The average Bonchev–Trinajstić information content (AvgIpc) is 2.43. The third-order valence-electron chi connectivity index (χ3n) is 3.19. The molecule has 0 aliphatic rings. The summed E-state index contributed by atoms with van der Waals surface area (Å²) in [5.41, 5.74) is 12.5. The van der Waals surface area contributed by atoms with Crippen LogP contribution in [0.2, 0.25) is 0 Å². The van der Waals surface area contributed by atoms with Gasteiger partial charge in [0.1, 0.15) is 0 Å². The van der Waals surface area contributed by atoms with Crippen LogP contribution >= 0.6 is 22.6 Å². The number of halogens is 1. The number of nitrogens with one attached hydrogen (secondary N) is 1. The van der Waals surface area contributed by atoms with E-state index in [9.17, 15) is 9.90 Å². The van der Waals surface area contributed by atoms with Gasteiger partial charge in [0.05, 0.1) is 18.2 Å². The van der Waals surface area contributed by atoms with Crippen LogP contribution in [0.1, 0.15) is 31.9 Å². The predicted molar refractivity (Wildman–Crippen MR) is 92.5 cm³/mol. The largest absolute Gasteiger partial charge is 0.387 e. The summed E-state index contributed by atoms with van der Waals surface area (Å²) in [6, 6.07) is 6.37. The van der Waals surface area contributed by atoms with Crippen LogP contribution in [0.3, 0.4) is 0 Å². The van der Waals surface area contributed by atoms with Crippen molar-refractivity contribution in [2.45, 2.75) is 38.5 Å². The SMILES string of the molecule is CC(C)C[C@H](N)C(=O)NC[C@H](N)[C@@H](O)c1ccc(I)cc1. The van der Waals surface area contributed by atoms with E-state index in [1.807, 2.05) is 38.1 Å². The first kappa shape index (κ1) is 18.3. The van der Waals surface area contributed by atoms with E-state index in [0.29, 0.717) is 12.3 Å². The second kappa shape index (κ2) is 8.67. The number of aliphatic hydroxyl groups excluding tert-OH is 1. The van der Waals surface area contributed by atoms with Gasteiger partial charge in [-0.15, -0.1) is 0 Å². The number of carbonyl (C=O) groups excluding carboxylic acids is 1. The maximum atomic E-state index is 11.8. The van der Waals surface area contributed by atoms with E-state index >= 15 is 0 Å². The smallest absolute Gasteiger partial charge is 0.236 e. The lowest BCUT2D eigenvalue weighted by Crippen LogP contribution is -2.47. The van der Waals surface area contributed by atoms with Crippen LogP contribution in [0.25, 0.3) is 0 Å². The Labute approximate surface area is 139 Å². The van der Waals surface area contributed by atoms with Crippen LogP contribution in [0, 0.1) is 9.49 Å². The summed E-state index contributed by atoms with van der Waals surface area (Å²) >= 11 is 2.20. The molecule has 1 aromatic rings. The number of hydrogen-bond donors (Lipinski definition) is 4. The number of benzene rings is 1. The van der Waals surface area contributed by atoms with E-state index < -0.39 is 18.2 Å². The first-order chi connectivity index (χ1) is 9.81. The molecule has 0 aliphatic carbocycles. The maximum Gasteiger partial charge on any atom is 0.236 e. The van der Waals surface area contributed by atoms with Gasteiger partial charge < -0.3 is 21.9 Å². The summed E-state index contributed by atoms with van der Waals surface area (Å²) in [6.45, 7) is 4.22. The highest BCUT2D eigenvalue weighted by Crippen LogP contribution is 2.17. The molecule has 1 aromatic carbocycles. The number of rotatable bonds is 7. The lowest BCUT2D eigenvalue weighted by Gasteiger charge is -2.21. The van der Waals surface area contributed by atoms with Gasteiger partial charge >= 0.3 is 0 Å². The third-order valence-corrected chi connectivity index (χ3v) is 3.91. The second-order valence-corrected chi connectivity index (χ2v) is 6.89. The van der Waals surface area contributed by atoms with Gasteiger partial charge in [-0.3, -0.25) is 4.79 Å².